The van der Waals surface area contributed by atoms with Crippen LogP contribution in [0.25, 0.3) is 0 Å². The lowest BCUT2D eigenvalue weighted by atomic mass is 10.3. The highest BCUT2D eigenvalue weighted by atomic mass is 16.5. The lowest BCUT2D eigenvalue weighted by molar-refractivity contribution is 0.415. The van der Waals surface area contributed by atoms with Gasteiger partial charge in [-0.1, -0.05) is 0 Å². The van der Waals surface area contributed by atoms with Gasteiger partial charge in [0, 0.05) is 5.69 Å². The zero-order valence-electron chi connectivity index (χ0n) is 9.34. The summed E-state index contributed by atoms with van der Waals surface area (Å²) < 4.78 is 5.06. The Hall–Kier alpha value is -2.50. The maximum Gasteiger partial charge on any atom is 0.222 e. The fraction of sp³-hybridized carbons (Fsp3) is 0.0909. The average molecular weight is 231 g/mol. The summed E-state index contributed by atoms with van der Waals surface area (Å²) in [6.07, 6.45) is 1.47. The van der Waals surface area contributed by atoms with Crippen LogP contribution in [0.4, 0.5) is 23.1 Å². The van der Waals surface area contributed by atoms with Gasteiger partial charge in [-0.3, -0.25) is 0 Å². The van der Waals surface area contributed by atoms with Crippen molar-refractivity contribution >= 4 is 23.1 Å². The van der Waals surface area contributed by atoms with Crippen LogP contribution in [0.2, 0.25) is 0 Å². The van der Waals surface area contributed by atoms with E-state index in [-0.39, 0.29) is 5.95 Å². The van der Waals surface area contributed by atoms with Crippen molar-refractivity contribution in [3.8, 4) is 5.75 Å². The summed E-state index contributed by atoms with van der Waals surface area (Å²) in [6, 6.07) is 7.39. The number of benzene rings is 1. The molecule has 0 radical (unpaired) electrons. The second kappa shape index (κ2) is 4.56. The molecule has 0 aliphatic heterocycles. The van der Waals surface area contributed by atoms with Gasteiger partial charge in [-0.05, 0) is 24.3 Å². The average Bonchev–Trinajstić information content (AvgIpc) is 2.35. The Bertz CT molecular complexity index is 512. The number of rotatable bonds is 3. The molecule has 0 saturated heterocycles. The molecule has 0 amide bonds. The number of nitrogens with two attached hydrogens (primary N) is 2. The van der Waals surface area contributed by atoms with Crippen LogP contribution in [0.3, 0.4) is 0 Å². The van der Waals surface area contributed by atoms with E-state index in [0.717, 1.165) is 11.4 Å². The molecule has 0 saturated carbocycles. The largest absolute Gasteiger partial charge is 0.497 e. The van der Waals surface area contributed by atoms with Crippen molar-refractivity contribution < 1.29 is 4.74 Å². The number of nitrogens with one attached hydrogen (secondary N) is 1. The topological polar surface area (TPSA) is 99.1 Å². The number of hydrogen-bond acceptors (Lipinski definition) is 6. The summed E-state index contributed by atoms with van der Waals surface area (Å²) in [6.45, 7) is 0. The van der Waals surface area contributed by atoms with Crippen LogP contribution in [-0.2, 0) is 0 Å². The monoisotopic (exact) mass is 231 g/mol. The van der Waals surface area contributed by atoms with Gasteiger partial charge in [0.2, 0.25) is 5.95 Å². The lowest BCUT2D eigenvalue weighted by Crippen LogP contribution is -2.03. The maximum atomic E-state index is 5.73. The summed E-state index contributed by atoms with van der Waals surface area (Å²) in [5, 5.41) is 3.05. The normalized spacial score (nSPS) is 9.94. The highest BCUT2D eigenvalue weighted by molar-refractivity contribution is 5.68. The van der Waals surface area contributed by atoms with Crippen LogP contribution in [0.5, 0.6) is 5.75 Å². The molecule has 6 nitrogen and oxygen atoms in total. The number of ether oxygens (including phenoxy) is 1. The predicted octanol–water partition coefficient (Wildman–Crippen LogP) is 1.39. The second-order valence-corrected chi connectivity index (χ2v) is 3.39. The molecular formula is C11H13N5O. The van der Waals surface area contributed by atoms with Crippen LogP contribution in [0.15, 0.2) is 30.5 Å². The van der Waals surface area contributed by atoms with E-state index in [9.17, 15) is 0 Å². The number of methoxy groups -OCH3 is 1. The predicted molar refractivity (Wildman–Crippen MR) is 67.1 cm³/mol. The number of hydrogen-bond donors (Lipinski definition) is 3. The Morgan fingerprint density at radius 1 is 1.18 bits per heavy atom. The molecule has 2 rings (SSSR count). The standard InChI is InChI=1S/C11H13N5O/c1-17-8-4-2-7(3-5-8)15-10-9(12)6-14-11(13)16-10/h2-6H,12H2,1H3,(H3,13,14,15,16). The second-order valence-electron chi connectivity index (χ2n) is 3.39. The summed E-state index contributed by atoms with van der Waals surface area (Å²) >= 11 is 0. The summed E-state index contributed by atoms with van der Waals surface area (Å²) in [5.41, 5.74) is 12.5. The Morgan fingerprint density at radius 2 is 1.88 bits per heavy atom. The molecule has 5 N–H and O–H groups in total. The van der Waals surface area contributed by atoms with Crippen LogP contribution >= 0.6 is 0 Å². The maximum absolute atomic E-state index is 5.73. The molecule has 1 heterocycles. The van der Waals surface area contributed by atoms with Gasteiger partial charge in [0.05, 0.1) is 19.0 Å². The number of nitrogen functional groups attached to an aromatic ring is 2. The molecule has 6 heteroatoms. The van der Waals surface area contributed by atoms with Crippen molar-refractivity contribution in [2.24, 2.45) is 0 Å². The Labute approximate surface area is 98.6 Å². The van der Waals surface area contributed by atoms with E-state index in [1.165, 1.54) is 6.20 Å². The fourth-order valence-corrected chi connectivity index (χ4v) is 1.32. The van der Waals surface area contributed by atoms with Crippen LogP contribution < -0.4 is 21.5 Å². The molecule has 2 aromatic rings. The molecule has 1 aromatic heterocycles. The van der Waals surface area contributed by atoms with Crippen LogP contribution in [-0.4, -0.2) is 17.1 Å². The molecule has 0 atom stereocenters. The first-order chi connectivity index (χ1) is 8.19. The molecule has 0 aliphatic carbocycles. The molecule has 0 fully saturated rings. The first-order valence-corrected chi connectivity index (χ1v) is 4.98. The van der Waals surface area contributed by atoms with E-state index in [2.05, 4.69) is 15.3 Å². The van der Waals surface area contributed by atoms with Gasteiger partial charge < -0.3 is 21.5 Å². The Kier molecular flexibility index (Phi) is 2.95. The highest BCUT2D eigenvalue weighted by Crippen LogP contribution is 2.22. The summed E-state index contributed by atoms with van der Waals surface area (Å²) in [5.74, 6) is 1.45. The molecule has 0 spiro atoms. The molecule has 0 bridgehead atoms. The quantitative estimate of drug-likeness (QED) is 0.738. The van der Waals surface area contributed by atoms with Crippen molar-refractivity contribution in [2.75, 3.05) is 23.9 Å². The third kappa shape index (κ3) is 2.54. The van der Waals surface area contributed by atoms with Gasteiger partial charge >= 0.3 is 0 Å². The SMILES string of the molecule is COc1ccc(Nc2nc(N)ncc2N)cc1. The zero-order valence-corrected chi connectivity index (χ0v) is 9.34. The summed E-state index contributed by atoms with van der Waals surface area (Å²) in [7, 11) is 1.62. The van der Waals surface area contributed by atoms with Crippen LogP contribution in [0, 0.1) is 0 Å². The smallest absolute Gasteiger partial charge is 0.222 e. The summed E-state index contributed by atoms with van der Waals surface area (Å²) in [4.78, 5) is 7.80. The van der Waals surface area contributed by atoms with Crippen molar-refractivity contribution in [1.82, 2.24) is 9.97 Å². The van der Waals surface area contributed by atoms with Gasteiger partial charge in [0.15, 0.2) is 5.82 Å². The number of anilines is 4. The molecule has 0 unspecified atom stereocenters. The van der Waals surface area contributed by atoms with Crippen molar-refractivity contribution in [3.63, 3.8) is 0 Å². The third-order valence-electron chi connectivity index (χ3n) is 2.19. The Morgan fingerprint density at radius 3 is 2.53 bits per heavy atom. The van der Waals surface area contributed by atoms with Gasteiger partial charge in [-0.15, -0.1) is 0 Å². The van der Waals surface area contributed by atoms with E-state index in [4.69, 9.17) is 16.2 Å². The van der Waals surface area contributed by atoms with Gasteiger partial charge in [-0.25, -0.2) is 4.98 Å². The van der Waals surface area contributed by atoms with E-state index < -0.39 is 0 Å². The van der Waals surface area contributed by atoms with E-state index in [1.54, 1.807) is 7.11 Å². The molecular weight excluding hydrogens is 218 g/mol. The Balaban J connectivity index is 2.22. The van der Waals surface area contributed by atoms with E-state index in [1.807, 2.05) is 24.3 Å². The minimum atomic E-state index is 0.176. The van der Waals surface area contributed by atoms with Gasteiger partial charge in [0.1, 0.15) is 5.75 Å². The first kappa shape index (κ1) is 11.0. The van der Waals surface area contributed by atoms with Crippen molar-refractivity contribution in [1.29, 1.82) is 0 Å². The molecule has 0 aliphatic rings. The minimum absolute atomic E-state index is 0.176. The first-order valence-electron chi connectivity index (χ1n) is 4.98. The molecule has 88 valence electrons. The zero-order chi connectivity index (χ0) is 12.3. The fourth-order valence-electron chi connectivity index (χ4n) is 1.32. The van der Waals surface area contributed by atoms with Crippen molar-refractivity contribution in [3.05, 3.63) is 30.5 Å². The van der Waals surface area contributed by atoms with E-state index in [0.29, 0.717) is 11.5 Å². The molecule has 17 heavy (non-hydrogen) atoms. The van der Waals surface area contributed by atoms with Crippen molar-refractivity contribution in [2.45, 2.75) is 0 Å². The number of nitrogens with zero attached hydrogens (tertiary/aromatic N) is 2. The van der Waals surface area contributed by atoms with Crippen LogP contribution in [0.1, 0.15) is 0 Å². The van der Waals surface area contributed by atoms with E-state index >= 15 is 0 Å². The molecule has 1 aromatic carbocycles. The highest BCUT2D eigenvalue weighted by Gasteiger charge is 2.03. The lowest BCUT2D eigenvalue weighted by Gasteiger charge is -2.08. The van der Waals surface area contributed by atoms with Gasteiger partial charge in [0.25, 0.3) is 0 Å². The third-order valence-corrected chi connectivity index (χ3v) is 2.19. The minimum Gasteiger partial charge on any atom is -0.497 e. The van der Waals surface area contributed by atoms with Gasteiger partial charge in [-0.2, -0.15) is 4.98 Å². The number of aromatic nitrogens is 2.